The highest BCUT2D eigenvalue weighted by atomic mass is 16.3. The van der Waals surface area contributed by atoms with Gasteiger partial charge in [0.1, 0.15) is 5.75 Å². The number of hydrogen-bond acceptors (Lipinski definition) is 1. The predicted octanol–water partition coefficient (Wildman–Crippen LogP) is 3.26. The maximum absolute atomic E-state index is 8.63. The summed E-state index contributed by atoms with van der Waals surface area (Å²) in [5.74, 6) is 0.322. The Hall–Kier alpha value is -1.76. The van der Waals surface area contributed by atoms with Crippen LogP contribution in [0.3, 0.4) is 0 Å². The molecule has 0 aromatic heterocycles. The van der Waals surface area contributed by atoms with E-state index in [0.29, 0.717) is 5.75 Å². The van der Waals surface area contributed by atoms with Crippen molar-refractivity contribution in [3.63, 3.8) is 0 Å². The summed E-state index contributed by atoms with van der Waals surface area (Å²) in [6.45, 7) is 3.72. The highest BCUT2D eigenvalue weighted by Gasteiger charge is 1.74. The molecule has 0 saturated carbocycles. The Morgan fingerprint density at radius 1 is 0.714 bits per heavy atom. The van der Waals surface area contributed by atoms with Gasteiger partial charge in [0.2, 0.25) is 0 Å². The Morgan fingerprint density at radius 2 is 1.14 bits per heavy atom. The van der Waals surface area contributed by atoms with Crippen LogP contribution in [-0.4, -0.2) is 5.11 Å². The lowest BCUT2D eigenvalue weighted by Gasteiger charge is -1.82. The van der Waals surface area contributed by atoms with E-state index in [1.54, 1.807) is 24.3 Å². The third-order valence-electron chi connectivity index (χ3n) is 1.60. The third-order valence-corrected chi connectivity index (χ3v) is 1.60. The van der Waals surface area contributed by atoms with Crippen molar-refractivity contribution >= 4 is 0 Å². The Morgan fingerprint density at radius 3 is 1.36 bits per heavy atom. The van der Waals surface area contributed by atoms with E-state index in [4.69, 9.17) is 5.11 Å². The molecule has 1 heteroatoms. The summed E-state index contributed by atoms with van der Waals surface area (Å²) in [4.78, 5) is 0. The SMILES string of the molecule is Oc1ccccc1.[CH2]c1ccccc1. The molecule has 1 radical (unpaired) electrons. The van der Waals surface area contributed by atoms with Crippen LogP contribution in [0.2, 0.25) is 0 Å². The van der Waals surface area contributed by atoms with Crippen molar-refractivity contribution in [1.29, 1.82) is 0 Å². The number of para-hydroxylation sites is 1. The van der Waals surface area contributed by atoms with E-state index >= 15 is 0 Å². The van der Waals surface area contributed by atoms with Crippen LogP contribution in [0.15, 0.2) is 60.7 Å². The summed E-state index contributed by atoms with van der Waals surface area (Å²) in [6.07, 6.45) is 0. The number of phenolic OH excluding ortho intramolecular Hbond substituents is 1. The molecule has 0 atom stereocenters. The topological polar surface area (TPSA) is 20.2 Å². The van der Waals surface area contributed by atoms with Crippen LogP contribution in [-0.2, 0) is 0 Å². The van der Waals surface area contributed by atoms with Gasteiger partial charge in [0.05, 0.1) is 0 Å². The van der Waals surface area contributed by atoms with Crippen molar-refractivity contribution < 1.29 is 5.11 Å². The smallest absolute Gasteiger partial charge is 0.115 e. The van der Waals surface area contributed by atoms with Gasteiger partial charge in [0.25, 0.3) is 0 Å². The monoisotopic (exact) mass is 185 g/mol. The van der Waals surface area contributed by atoms with Crippen LogP contribution < -0.4 is 0 Å². The van der Waals surface area contributed by atoms with Crippen molar-refractivity contribution in [1.82, 2.24) is 0 Å². The number of phenols is 1. The molecule has 0 fully saturated rings. The van der Waals surface area contributed by atoms with Crippen molar-refractivity contribution in [3.8, 4) is 5.75 Å². The van der Waals surface area contributed by atoms with Gasteiger partial charge in [-0.1, -0.05) is 48.5 Å². The predicted molar refractivity (Wildman–Crippen MR) is 59.0 cm³/mol. The first kappa shape index (κ1) is 10.3. The average molecular weight is 185 g/mol. The molecule has 71 valence electrons. The largest absolute Gasteiger partial charge is 0.508 e. The molecule has 14 heavy (non-hydrogen) atoms. The molecule has 1 nitrogen and oxygen atoms in total. The standard InChI is InChI=1S/C7H7.C6H6O/c1-7-5-3-2-4-6-7;7-6-4-2-1-3-5-6/h2-6H,1H2;1-5,7H. The Bertz CT molecular complexity index is 303. The van der Waals surface area contributed by atoms with Crippen LogP contribution >= 0.6 is 0 Å². The zero-order chi connectivity index (χ0) is 10.2. The minimum absolute atomic E-state index is 0.322. The zero-order valence-corrected chi connectivity index (χ0v) is 7.93. The molecule has 1 N–H and O–H groups in total. The first-order valence-electron chi connectivity index (χ1n) is 4.40. The third kappa shape index (κ3) is 4.31. The van der Waals surface area contributed by atoms with Gasteiger partial charge in [0.15, 0.2) is 0 Å². The number of benzene rings is 2. The van der Waals surface area contributed by atoms with E-state index < -0.39 is 0 Å². The van der Waals surface area contributed by atoms with Gasteiger partial charge in [-0.3, -0.25) is 0 Å². The molecule has 0 aliphatic heterocycles. The lowest BCUT2D eigenvalue weighted by atomic mass is 10.2. The maximum atomic E-state index is 8.63. The lowest BCUT2D eigenvalue weighted by Crippen LogP contribution is -1.62. The zero-order valence-electron chi connectivity index (χ0n) is 7.93. The molecule has 0 unspecified atom stereocenters. The first-order chi connectivity index (χ1) is 6.79. The highest BCUT2D eigenvalue weighted by molar-refractivity contribution is 5.18. The van der Waals surface area contributed by atoms with Crippen LogP contribution in [0.25, 0.3) is 0 Å². The van der Waals surface area contributed by atoms with Gasteiger partial charge in [-0.25, -0.2) is 0 Å². The van der Waals surface area contributed by atoms with E-state index in [9.17, 15) is 0 Å². The van der Waals surface area contributed by atoms with Crippen molar-refractivity contribution in [3.05, 3.63) is 73.2 Å². The molecule has 2 aromatic rings. The van der Waals surface area contributed by atoms with Gasteiger partial charge in [0, 0.05) is 0 Å². The Labute approximate surface area is 84.7 Å². The number of aromatic hydroxyl groups is 1. The summed E-state index contributed by atoms with van der Waals surface area (Å²) < 4.78 is 0. The van der Waals surface area contributed by atoms with E-state index in [2.05, 4.69) is 6.92 Å². The molecular weight excluding hydrogens is 172 g/mol. The van der Waals surface area contributed by atoms with Crippen molar-refractivity contribution in [2.45, 2.75) is 0 Å². The minimum atomic E-state index is 0.322. The molecule has 0 heterocycles. The van der Waals surface area contributed by atoms with Gasteiger partial charge in [-0.15, -0.1) is 0 Å². The Kier molecular flexibility index (Phi) is 4.29. The molecular formula is C13H13O. The van der Waals surface area contributed by atoms with Crippen molar-refractivity contribution in [2.24, 2.45) is 0 Å². The van der Waals surface area contributed by atoms with Gasteiger partial charge in [-0.2, -0.15) is 0 Å². The summed E-state index contributed by atoms with van der Waals surface area (Å²) in [7, 11) is 0. The first-order valence-corrected chi connectivity index (χ1v) is 4.40. The molecule has 0 saturated heterocycles. The van der Waals surface area contributed by atoms with E-state index in [1.807, 2.05) is 36.4 Å². The van der Waals surface area contributed by atoms with Gasteiger partial charge < -0.3 is 5.11 Å². The molecule has 2 rings (SSSR count). The average Bonchev–Trinajstić information content (AvgIpc) is 2.21. The quantitative estimate of drug-likeness (QED) is 0.668. The normalized spacial score (nSPS) is 8.64. The van der Waals surface area contributed by atoms with Crippen LogP contribution in [0.1, 0.15) is 5.56 Å². The molecule has 0 aliphatic rings. The van der Waals surface area contributed by atoms with Crippen LogP contribution in [0.4, 0.5) is 0 Å². The maximum Gasteiger partial charge on any atom is 0.115 e. The minimum Gasteiger partial charge on any atom is -0.508 e. The fourth-order valence-electron chi connectivity index (χ4n) is 0.906. The molecule has 0 aliphatic carbocycles. The molecule has 2 aromatic carbocycles. The summed E-state index contributed by atoms with van der Waals surface area (Å²) in [6, 6.07) is 18.6. The number of rotatable bonds is 0. The lowest BCUT2D eigenvalue weighted by molar-refractivity contribution is 0.475. The van der Waals surface area contributed by atoms with Crippen molar-refractivity contribution in [2.75, 3.05) is 0 Å². The summed E-state index contributed by atoms with van der Waals surface area (Å²) in [5, 5.41) is 8.63. The van der Waals surface area contributed by atoms with Gasteiger partial charge >= 0.3 is 0 Å². The fraction of sp³-hybridized carbons (Fsp3) is 0. The second-order valence-corrected chi connectivity index (χ2v) is 2.82. The van der Waals surface area contributed by atoms with E-state index in [1.165, 1.54) is 0 Å². The van der Waals surface area contributed by atoms with Crippen LogP contribution in [0.5, 0.6) is 5.75 Å². The fourth-order valence-corrected chi connectivity index (χ4v) is 0.906. The van der Waals surface area contributed by atoms with E-state index in [-0.39, 0.29) is 0 Å². The second-order valence-electron chi connectivity index (χ2n) is 2.82. The molecule has 0 spiro atoms. The molecule has 0 bridgehead atoms. The van der Waals surface area contributed by atoms with Gasteiger partial charge in [-0.05, 0) is 24.6 Å². The van der Waals surface area contributed by atoms with E-state index in [0.717, 1.165) is 5.56 Å². The summed E-state index contributed by atoms with van der Waals surface area (Å²) >= 11 is 0. The number of hydrogen-bond donors (Lipinski definition) is 1. The summed E-state index contributed by atoms with van der Waals surface area (Å²) in [5.41, 5.74) is 1.07. The highest BCUT2D eigenvalue weighted by Crippen LogP contribution is 2.02. The molecule has 0 amide bonds. The van der Waals surface area contributed by atoms with Crippen LogP contribution in [0, 0.1) is 6.92 Å². The Balaban J connectivity index is 0.000000140. The second kappa shape index (κ2) is 5.81.